The van der Waals surface area contributed by atoms with Crippen LogP contribution in [0.1, 0.15) is 53.4 Å². The van der Waals surface area contributed by atoms with Gasteiger partial charge in [-0.05, 0) is 18.3 Å². The van der Waals surface area contributed by atoms with Crippen molar-refractivity contribution in [1.29, 1.82) is 0 Å². The van der Waals surface area contributed by atoms with Crippen LogP contribution in [0.2, 0.25) is 0 Å². The van der Waals surface area contributed by atoms with E-state index in [1.54, 1.807) is 0 Å². The first-order valence-electron chi connectivity index (χ1n) is 5.04. The summed E-state index contributed by atoms with van der Waals surface area (Å²) in [5, 5.41) is 0. The molecule has 74 valence electrons. The molecule has 0 aromatic carbocycles. The predicted molar refractivity (Wildman–Crippen MR) is 54.7 cm³/mol. The molecule has 0 bridgehead atoms. The predicted octanol–water partition coefficient (Wildman–Crippen LogP) is 2.44. The zero-order valence-electron chi connectivity index (χ0n) is 8.98. The zero-order valence-corrected chi connectivity index (χ0v) is 8.98. The van der Waals surface area contributed by atoms with Gasteiger partial charge in [0, 0.05) is 6.04 Å². The standard InChI is InChI=1S/C10H24N2/c1-5-7-8-9(12-11)10(3,4)6-2/h9,12H,5-8,11H2,1-4H3. The van der Waals surface area contributed by atoms with Crippen LogP contribution in [0.25, 0.3) is 0 Å². The van der Waals surface area contributed by atoms with Crippen molar-refractivity contribution < 1.29 is 0 Å². The Morgan fingerprint density at radius 2 is 1.92 bits per heavy atom. The summed E-state index contributed by atoms with van der Waals surface area (Å²) in [6.07, 6.45) is 4.87. The van der Waals surface area contributed by atoms with Gasteiger partial charge in [-0.25, -0.2) is 0 Å². The number of hydrogen-bond donors (Lipinski definition) is 2. The minimum atomic E-state index is 0.323. The number of nitrogens with two attached hydrogens (primary N) is 1. The molecule has 2 heteroatoms. The summed E-state index contributed by atoms with van der Waals surface area (Å²) < 4.78 is 0. The Bertz CT molecular complexity index is 110. The van der Waals surface area contributed by atoms with Crippen LogP contribution in [-0.4, -0.2) is 6.04 Å². The van der Waals surface area contributed by atoms with Crippen molar-refractivity contribution in [3.05, 3.63) is 0 Å². The normalized spacial score (nSPS) is 14.8. The van der Waals surface area contributed by atoms with E-state index in [9.17, 15) is 0 Å². The molecule has 0 fully saturated rings. The average Bonchev–Trinajstić information content (AvgIpc) is 2.05. The molecule has 0 heterocycles. The van der Waals surface area contributed by atoms with Gasteiger partial charge in [0.05, 0.1) is 0 Å². The second-order valence-electron chi connectivity index (χ2n) is 4.20. The van der Waals surface area contributed by atoms with Gasteiger partial charge in [-0.2, -0.15) is 0 Å². The van der Waals surface area contributed by atoms with Gasteiger partial charge in [0.15, 0.2) is 0 Å². The van der Waals surface area contributed by atoms with Gasteiger partial charge in [-0.15, -0.1) is 0 Å². The lowest BCUT2D eigenvalue weighted by Gasteiger charge is -2.32. The highest BCUT2D eigenvalue weighted by molar-refractivity contribution is 4.81. The Kier molecular flexibility index (Phi) is 5.51. The molecule has 0 saturated heterocycles. The second kappa shape index (κ2) is 5.55. The number of unbranched alkanes of at least 4 members (excludes halogenated alkanes) is 1. The molecule has 0 aliphatic rings. The van der Waals surface area contributed by atoms with E-state index in [2.05, 4.69) is 33.1 Å². The largest absolute Gasteiger partial charge is 0.271 e. The van der Waals surface area contributed by atoms with Crippen LogP contribution in [0.15, 0.2) is 0 Å². The molecule has 12 heavy (non-hydrogen) atoms. The molecule has 2 nitrogen and oxygen atoms in total. The van der Waals surface area contributed by atoms with Crippen LogP contribution in [0, 0.1) is 5.41 Å². The van der Waals surface area contributed by atoms with E-state index in [1.165, 1.54) is 25.7 Å². The van der Waals surface area contributed by atoms with Crippen LogP contribution in [0.5, 0.6) is 0 Å². The van der Waals surface area contributed by atoms with E-state index in [-0.39, 0.29) is 0 Å². The molecule has 0 aliphatic carbocycles. The maximum absolute atomic E-state index is 5.53. The Balaban J connectivity index is 3.95. The van der Waals surface area contributed by atoms with Gasteiger partial charge in [0.25, 0.3) is 0 Å². The zero-order chi connectivity index (χ0) is 9.61. The second-order valence-corrected chi connectivity index (χ2v) is 4.20. The van der Waals surface area contributed by atoms with Gasteiger partial charge in [0.1, 0.15) is 0 Å². The van der Waals surface area contributed by atoms with Gasteiger partial charge in [-0.1, -0.05) is 40.5 Å². The highest BCUT2D eigenvalue weighted by atomic mass is 15.2. The first-order chi connectivity index (χ1) is 5.58. The number of hydrazine groups is 1. The molecule has 0 radical (unpaired) electrons. The first-order valence-corrected chi connectivity index (χ1v) is 5.04. The van der Waals surface area contributed by atoms with Gasteiger partial charge < -0.3 is 0 Å². The van der Waals surface area contributed by atoms with Crippen LogP contribution in [-0.2, 0) is 0 Å². The van der Waals surface area contributed by atoms with E-state index >= 15 is 0 Å². The van der Waals surface area contributed by atoms with Crippen molar-refractivity contribution >= 4 is 0 Å². The highest BCUT2D eigenvalue weighted by Gasteiger charge is 2.25. The molecule has 0 spiro atoms. The van der Waals surface area contributed by atoms with Crippen molar-refractivity contribution in [3.63, 3.8) is 0 Å². The molecule has 1 unspecified atom stereocenters. The van der Waals surface area contributed by atoms with E-state index < -0.39 is 0 Å². The monoisotopic (exact) mass is 172 g/mol. The summed E-state index contributed by atoms with van der Waals surface area (Å²) in [4.78, 5) is 0. The Morgan fingerprint density at radius 1 is 1.33 bits per heavy atom. The SMILES string of the molecule is CCCCC(NN)C(C)(C)CC. The first kappa shape index (κ1) is 11.9. The fraction of sp³-hybridized carbons (Fsp3) is 1.00. The summed E-state index contributed by atoms with van der Waals surface area (Å²) in [6.45, 7) is 8.98. The number of rotatable bonds is 6. The quantitative estimate of drug-likeness (QED) is 0.477. The minimum absolute atomic E-state index is 0.323. The average molecular weight is 172 g/mol. The Hall–Kier alpha value is -0.0800. The third-order valence-electron chi connectivity index (χ3n) is 2.90. The molecule has 0 aliphatic heterocycles. The summed E-state index contributed by atoms with van der Waals surface area (Å²) in [5.74, 6) is 5.53. The van der Waals surface area contributed by atoms with Gasteiger partial charge in [-0.3, -0.25) is 11.3 Å². The molecule has 0 aromatic rings. The summed E-state index contributed by atoms with van der Waals surface area (Å²) in [7, 11) is 0. The lowest BCUT2D eigenvalue weighted by atomic mass is 9.80. The van der Waals surface area contributed by atoms with E-state index in [1.807, 2.05) is 0 Å². The maximum Gasteiger partial charge on any atom is 0.0261 e. The van der Waals surface area contributed by atoms with E-state index in [4.69, 9.17) is 5.84 Å². The van der Waals surface area contributed by atoms with Crippen molar-refractivity contribution in [3.8, 4) is 0 Å². The van der Waals surface area contributed by atoms with Crippen LogP contribution < -0.4 is 11.3 Å². The van der Waals surface area contributed by atoms with E-state index in [0.29, 0.717) is 11.5 Å². The van der Waals surface area contributed by atoms with Crippen molar-refractivity contribution in [1.82, 2.24) is 5.43 Å². The molecule has 0 amide bonds. The summed E-state index contributed by atoms with van der Waals surface area (Å²) in [6, 6.07) is 0.461. The molecule has 3 N–H and O–H groups in total. The number of nitrogens with one attached hydrogen (secondary N) is 1. The van der Waals surface area contributed by atoms with Crippen molar-refractivity contribution in [2.75, 3.05) is 0 Å². The summed E-state index contributed by atoms with van der Waals surface area (Å²) >= 11 is 0. The molecule has 1 atom stereocenters. The third-order valence-corrected chi connectivity index (χ3v) is 2.90. The Morgan fingerprint density at radius 3 is 2.25 bits per heavy atom. The van der Waals surface area contributed by atoms with Crippen LogP contribution in [0.3, 0.4) is 0 Å². The van der Waals surface area contributed by atoms with Crippen molar-refractivity contribution in [2.45, 2.75) is 59.4 Å². The smallest absolute Gasteiger partial charge is 0.0261 e. The highest BCUT2D eigenvalue weighted by Crippen LogP contribution is 2.27. The molecular weight excluding hydrogens is 148 g/mol. The molecule has 0 saturated carbocycles. The fourth-order valence-corrected chi connectivity index (χ4v) is 1.35. The van der Waals surface area contributed by atoms with E-state index in [0.717, 1.165) is 0 Å². The van der Waals surface area contributed by atoms with Crippen molar-refractivity contribution in [2.24, 2.45) is 11.3 Å². The van der Waals surface area contributed by atoms with Gasteiger partial charge in [0.2, 0.25) is 0 Å². The van der Waals surface area contributed by atoms with Crippen LogP contribution in [0.4, 0.5) is 0 Å². The fourth-order valence-electron chi connectivity index (χ4n) is 1.35. The Labute approximate surface area is 76.9 Å². The lowest BCUT2D eigenvalue weighted by molar-refractivity contribution is 0.218. The van der Waals surface area contributed by atoms with Crippen LogP contribution >= 0.6 is 0 Å². The topological polar surface area (TPSA) is 38.0 Å². The molecule has 0 aromatic heterocycles. The number of hydrogen-bond acceptors (Lipinski definition) is 2. The maximum atomic E-state index is 5.53. The lowest BCUT2D eigenvalue weighted by Crippen LogP contribution is -2.45. The molecular formula is C10H24N2. The summed E-state index contributed by atoms with van der Waals surface area (Å²) in [5.41, 5.74) is 3.25. The minimum Gasteiger partial charge on any atom is -0.271 e. The molecule has 0 rings (SSSR count). The third kappa shape index (κ3) is 3.55. The van der Waals surface area contributed by atoms with Gasteiger partial charge >= 0.3 is 0 Å².